The molecular formula is C22H21NO4. The molecule has 0 aromatic heterocycles. The van der Waals surface area contributed by atoms with Gasteiger partial charge in [0, 0.05) is 5.39 Å². The lowest BCUT2D eigenvalue weighted by atomic mass is 9.77. The fourth-order valence-corrected chi connectivity index (χ4v) is 4.71. The first kappa shape index (κ1) is 16.5. The number of rotatable bonds is 4. The molecule has 0 N–H and O–H groups in total. The summed E-state index contributed by atoms with van der Waals surface area (Å²) < 4.78 is 11.5. The van der Waals surface area contributed by atoms with Crippen molar-refractivity contribution in [1.29, 1.82) is 0 Å². The molecule has 5 nitrogen and oxygen atoms in total. The number of esters is 1. The summed E-state index contributed by atoms with van der Waals surface area (Å²) >= 11 is 0. The molecule has 138 valence electrons. The van der Waals surface area contributed by atoms with Crippen LogP contribution in [0, 0.1) is 11.8 Å². The second-order valence-corrected chi connectivity index (χ2v) is 7.49. The van der Waals surface area contributed by atoms with E-state index in [1.165, 1.54) is 0 Å². The van der Waals surface area contributed by atoms with Gasteiger partial charge in [0.15, 0.2) is 0 Å². The highest BCUT2D eigenvalue weighted by molar-refractivity contribution is 6.08. The molecule has 0 radical (unpaired) electrons. The summed E-state index contributed by atoms with van der Waals surface area (Å²) in [6, 6.07) is 14.0. The van der Waals surface area contributed by atoms with Crippen LogP contribution in [-0.2, 0) is 19.1 Å². The van der Waals surface area contributed by atoms with Crippen LogP contribution in [0.5, 0.6) is 0 Å². The van der Waals surface area contributed by atoms with Crippen molar-refractivity contribution in [2.75, 3.05) is 18.1 Å². The van der Waals surface area contributed by atoms with Gasteiger partial charge >= 0.3 is 5.97 Å². The number of nitrogens with zero attached hydrogens (tertiary/aromatic N) is 1. The van der Waals surface area contributed by atoms with E-state index in [1.807, 2.05) is 61.5 Å². The highest BCUT2D eigenvalue weighted by Crippen LogP contribution is 2.53. The Kier molecular flexibility index (Phi) is 3.62. The summed E-state index contributed by atoms with van der Waals surface area (Å²) in [4.78, 5) is 27.8. The van der Waals surface area contributed by atoms with Crippen molar-refractivity contribution in [1.82, 2.24) is 0 Å². The van der Waals surface area contributed by atoms with Crippen molar-refractivity contribution in [3.05, 3.63) is 54.6 Å². The first-order chi connectivity index (χ1) is 13.1. The van der Waals surface area contributed by atoms with E-state index in [9.17, 15) is 9.59 Å². The Morgan fingerprint density at radius 3 is 2.93 bits per heavy atom. The lowest BCUT2D eigenvalue weighted by Gasteiger charge is -2.22. The first-order valence-electron chi connectivity index (χ1n) is 9.47. The number of anilines is 1. The van der Waals surface area contributed by atoms with E-state index < -0.39 is 17.4 Å². The molecule has 5 rings (SSSR count). The van der Waals surface area contributed by atoms with Crippen molar-refractivity contribution < 1.29 is 19.1 Å². The predicted molar refractivity (Wildman–Crippen MR) is 101 cm³/mol. The maximum absolute atomic E-state index is 13.4. The zero-order valence-electron chi connectivity index (χ0n) is 15.1. The number of carbonyl (C=O) groups excluding carboxylic acids is 2. The summed E-state index contributed by atoms with van der Waals surface area (Å²) in [6.45, 7) is 2.75. The standard InChI is InChI=1S/C22H21NO4/c1-2-12-26-21(25)18-17-10-11-22(27-17)13-23(20(24)19(18)22)16-9-5-7-14-6-3-4-8-15(14)16/h3-11,17-19H,2,12-13H2,1H3. The molecule has 2 aromatic rings. The largest absolute Gasteiger partial charge is 0.465 e. The van der Waals surface area contributed by atoms with Crippen LogP contribution in [0.25, 0.3) is 10.8 Å². The predicted octanol–water partition coefficient (Wildman–Crippen LogP) is 3.08. The molecule has 27 heavy (non-hydrogen) atoms. The second-order valence-electron chi connectivity index (χ2n) is 7.49. The van der Waals surface area contributed by atoms with Crippen molar-refractivity contribution >= 4 is 28.3 Å². The number of benzene rings is 2. The fraction of sp³-hybridized carbons (Fsp3) is 0.364. The molecule has 2 saturated heterocycles. The zero-order chi connectivity index (χ0) is 18.6. The summed E-state index contributed by atoms with van der Waals surface area (Å²) in [5.74, 6) is -1.47. The van der Waals surface area contributed by atoms with Gasteiger partial charge in [-0.3, -0.25) is 9.59 Å². The van der Waals surface area contributed by atoms with E-state index in [1.54, 1.807) is 4.90 Å². The normalized spacial score (nSPS) is 30.9. The van der Waals surface area contributed by atoms with E-state index in [4.69, 9.17) is 9.47 Å². The lowest BCUT2D eigenvalue weighted by molar-refractivity contribution is -0.152. The quantitative estimate of drug-likeness (QED) is 0.619. The Hall–Kier alpha value is -2.66. The van der Waals surface area contributed by atoms with Crippen molar-refractivity contribution in [2.45, 2.75) is 25.0 Å². The van der Waals surface area contributed by atoms with Crippen LogP contribution in [0.1, 0.15) is 13.3 Å². The number of hydrogen-bond donors (Lipinski definition) is 0. The van der Waals surface area contributed by atoms with E-state index in [0.29, 0.717) is 13.2 Å². The van der Waals surface area contributed by atoms with E-state index in [0.717, 1.165) is 22.9 Å². The number of carbonyl (C=O) groups is 2. The second kappa shape index (κ2) is 5.92. The van der Waals surface area contributed by atoms with Gasteiger partial charge in [-0.05, 0) is 17.9 Å². The van der Waals surface area contributed by atoms with Gasteiger partial charge in [0.05, 0.1) is 30.9 Å². The van der Waals surface area contributed by atoms with Crippen molar-refractivity contribution in [3.63, 3.8) is 0 Å². The van der Waals surface area contributed by atoms with Crippen LogP contribution < -0.4 is 4.90 Å². The van der Waals surface area contributed by atoms with Gasteiger partial charge in [-0.15, -0.1) is 0 Å². The summed E-state index contributed by atoms with van der Waals surface area (Å²) in [5.41, 5.74) is 0.136. The molecule has 4 unspecified atom stereocenters. The van der Waals surface area contributed by atoms with Gasteiger partial charge in [0.1, 0.15) is 11.5 Å². The average molecular weight is 363 g/mol. The molecule has 3 heterocycles. The Labute approximate surface area is 157 Å². The topological polar surface area (TPSA) is 55.8 Å². The highest BCUT2D eigenvalue weighted by Gasteiger charge is 2.67. The lowest BCUT2D eigenvalue weighted by Crippen LogP contribution is -2.40. The Bertz CT molecular complexity index is 962. The van der Waals surface area contributed by atoms with Gasteiger partial charge < -0.3 is 14.4 Å². The van der Waals surface area contributed by atoms with E-state index in [2.05, 4.69) is 0 Å². The minimum Gasteiger partial charge on any atom is -0.465 e. The average Bonchev–Trinajstić information content (AvgIpc) is 3.34. The third kappa shape index (κ3) is 2.28. The third-order valence-electron chi connectivity index (χ3n) is 5.88. The molecule has 1 amide bonds. The SMILES string of the molecule is CCCOC(=O)C1C2C=CC3(CN(c4cccc5ccccc45)C(=O)C13)O2. The smallest absolute Gasteiger partial charge is 0.312 e. The monoisotopic (exact) mass is 363 g/mol. The van der Waals surface area contributed by atoms with Crippen molar-refractivity contribution in [2.24, 2.45) is 11.8 Å². The molecule has 0 saturated carbocycles. The minimum absolute atomic E-state index is 0.0587. The van der Waals surface area contributed by atoms with Gasteiger partial charge in [-0.25, -0.2) is 0 Å². The number of amides is 1. The van der Waals surface area contributed by atoms with Gasteiger partial charge in [0.2, 0.25) is 5.91 Å². The van der Waals surface area contributed by atoms with E-state index >= 15 is 0 Å². The fourth-order valence-electron chi connectivity index (χ4n) is 4.71. The molecule has 0 aliphatic carbocycles. The van der Waals surface area contributed by atoms with Crippen LogP contribution in [0.4, 0.5) is 5.69 Å². The summed E-state index contributed by atoms with van der Waals surface area (Å²) in [7, 11) is 0. The maximum Gasteiger partial charge on any atom is 0.312 e. The van der Waals surface area contributed by atoms with Gasteiger partial charge in [-0.1, -0.05) is 55.5 Å². The molecule has 5 heteroatoms. The molecule has 3 aliphatic heterocycles. The number of hydrogen-bond acceptors (Lipinski definition) is 4. The molecule has 3 aliphatic rings. The van der Waals surface area contributed by atoms with Crippen LogP contribution in [0.15, 0.2) is 54.6 Å². The Balaban J connectivity index is 1.53. The maximum atomic E-state index is 13.4. The summed E-state index contributed by atoms with van der Waals surface area (Å²) in [6.07, 6.45) is 4.27. The molecule has 2 bridgehead atoms. The minimum atomic E-state index is -0.728. The zero-order valence-corrected chi connectivity index (χ0v) is 15.1. The summed E-state index contributed by atoms with van der Waals surface area (Å²) in [5, 5.41) is 2.10. The molecular weight excluding hydrogens is 342 g/mol. The van der Waals surface area contributed by atoms with Crippen molar-refractivity contribution in [3.8, 4) is 0 Å². The third-order valence-corrected chi connectivity index (χ3v) is 5.88. The highest BCUT2D eigenvalue weighted by atomic mass is 16.6. The Morgan fingerprint density at radius 1 is 1.26 bits per heavy atom. The molecule has 1 spiro atoms. The number of ether oxygens (including phenoxy) is 2. The van der Waals surface area contributed by atoms with Crippen LogP contribution in [0.3, 0.4) is 0 Å². The van der Waals surface area contributed by atoms with Crippen LogP contribution in [-0.4, -0.2) is 36.7 Å². The number of fused-ring (bicyclic) bond motifs is 2. The molecule has 2 aromatic carbocycles. The molecule has 2 fully saturated rings. The van der Waals surface area contributed by atoms with Crippen LogP contribution >= 0.6 is 0 Å². The first-order valence-corrected chi connectivity index (χ1v) is 9.47. The van der Waals surface area contributed by atoms with Gasteiger partial charge in [0.25, 0.3) is 0 Å². The van der Waals surface area contributed by atoms with Gasteiger partial charge in [-0.2, -0.15) is 0 Å². The molecule has 4 atom stereocenters. The van der Waals surface area contributed by atoms with Crippen LogP contribution in [0.2, 0.25) is 0 Å². The Morgan fingerprint density at radius 2 is 2.07 bits per heavy atom. The van der Waals surface area contributed by atoms with E-state index in [-0.39, 0.29) is 18.0 Å².